The van der Waals surface area contributed by atoms with Gasteiger partial charge in [-0.2, -0.15) is 0 Å². The number of benzene rings is 9. The van der Waals surface area contributed by atoms with Crippen molar-refractivity contribution in [1.82, 2.24) is 4.40 Å². The predicted molar refractivity (Wildman–Crippen MR) is 261 cm³/mol. The Balaban J connectivity index is 1.00. The number of Topliss-reactive ketones (excluding diaryl/α,β-unsaturated/α-hetero) is 2. The Labute approximate surface area is 379 Å². The van der Waals surface area contributed by atoms with Crippen LogP contribution in [0.25, 0.3) is 60.0 Å². The highest BCUT2D eigenvalue weighted by atomic mass is 16.1. The number of carbonyl (C=O) groups excluding carboxylic acids is 2. The molecule has 7 aliphatic carbocycles. The van der Waals surface area contributed by atoms with Gasteiger partial charge in [0, 0.05) is 60.8 Å². The van der Waals surface area contributed by atoms with Crippen molar-refractivity contribution in [2.24, 2.45) is 0 Å². The second-order valence-electron chi connectivity index (χ2n) is 21.2. The minimum Gasteiger partial charge on any atom is -0.308 e. The lowest BCUT2D eigenvalue weighted by Crippen LogP contribution is -2.61. The molecule has 0 amide bonds. The lowest BCUT2D eigenvalue weighted by atomic mass is 9.36. The number of aromatic nitrogens is 1. The first-order chi connectivity index (χ1) is 32.4. The smallest absolute Gasteiger partial charge is 0.171 e. The average molecular weight is 840 g/mol. The predicted octanol–water partition coefficient (Wildman–Crippen LogP) is 13.7. The Bertz CT molecular complexity index is 4290. The van der Waals surface area contributed by atoms with Gasteiger partial charge in [0.2, 0.25) is 0 Å². The molecule has 306 valence electrons. The van der Waals surface area contributed by atoms with Crippen LogP contribution in [0.1, 0.15) is 125 Å². The summed E-state index contributed by atoms with van der Waals surface area (Å²) in [6.45, 7) is 4.83. The van der Waals surface area contributed by atoms with Crippen LogP contribution < -0.4 is 0 Å². The van der Waals surface area contributed by atoms with Gasteiger partial charge in [-0.05, 0) is 119 Å². The third-order valence-electron chi connectivity index (χ3n) is 18.8. The van der Waals surface area contributed by atoms with Crippen LogP contribution in [0.4, 0.5) is 0 Å². The molecule has 3 nitrogen and oxygen atoms in total. The Morgan fingerprint density at radius 1 is 0.394 bits per heavy atom. The highest BCUT2D eigenvalue weighted by Crippen LogP contribution is 2.76. The van der Waals surface area contributed by atoms with Crippen LogP contribution in [0.2, 0.25) is 0 Å². The normalized spacial score (nSPS) is 25.4. The van der Waals surface area contributed by atoms with E-state index in [2.05, 4.69) is 182 Å². The molecule has 6 atom stereocenters. The number of fused-ring (bicyclic) bond motifs is 21. The summed E-state index contributed by atoms with van der Waals surface area (Å²) in [6, 6.07) is 60.6. The SMILES string of the molecule is CC1(C)c2cccc3cccc(c23)-c2cc3c4cc5c(cc4n4c6cc7c(cc6c(c21)c34)C1c2ccccc2C12c1ccccc1C2C7=O)C(=O)C1c2ccccc2C12c1ccccc1C52. The first-order valence-electron chi connectivity index (χ1n) is 23.7. The molecule has 2 aromatic heterocycles. The van der Waals surface area contributed by atoms with Gasteiger partial charge in [0.25, 0.3) is 0 Å². The van der Waals surface area contributed by atoms with Crippen molar-refractivity contribution in [2.45, 2.75) is 53.8 Å². The van der Waals surface area contributed by atoms with Gasteiger partial charge in [-0.1, -0.05) is 147 Å². The fraction of sp³-hybridized carbons (Fsp3) is 0.143. The van der Waals surface area contributed by atoms with E-state index in [0.29, 0.717) is 0 Å². The average Bonchev–Trinajstić information content (AvgIpc) is 3.81. The Hall–Kier alpha value is -7.62. The summed E-state index contributed by atoms with van der Waals surface area (Å²) in [6.07, 6.45) is 0. The molecule has 9 aromatic carbocycles. The maximum Gasteiger partial charge on any atom is 0.171 e. The van der Waals surface area contributed by atoms with Crippen molar-refractivity contribution >= 4 is 60.4 Å². The fourth-order valence-corrected chi connectivity index (χ4v) is 16.6. The number of nitrogens with zero attached hydrogens (tertiary/aromatic N) is 1. The summed E-state index contributed by atoms with van der Waals surface area (Å²) in [4.78, 5) is 30.9. The zero-order chi connectivity index (χ0) is 43.1. The molecule has 11 aromatic rings. The molecule has 0 aliphatic heterocycles. The second kappa shape index (κ2) is 10.3. The van der Waals surface area contributed by atoms with E-state index in [1.54, 1.807) is 0 Å². The van der Waals surface area contributed by atoms with E-state index in [1.165, 1.54) is 105 Å². The zero-order valence-electron chi connectivity index (χ0n) is 36.2. The standard InChI is InChI=1S/C63H37NO2/c1-61(2)48-24-12-14-30-13-11-19-31(51(30)48)37-26-40-36-25-38-41(59(65)56-34-17-5-9-22-46(34)62(56)44-20-7-3-15-32(44)53(38)62)28-49(36)64-50-29-42-39(27-43(50)52(55(37)61)58(40)64)54-33-16-4-8-21-45(33)63(54)47-23-10-6-18-35(47)57(63)60(42)66/h3-29,53-54,56-57H,1-2H3. The first kappa shape index (κ1) is 33.8. The van der Waals surface area contributed by atoms with Crippen LogP contribution in [0.3, 0.4) is 0 Å². The molecule has 7 aliphatic rings. The van der Waals surface area contributed by atoms with Crippen LogP contribution in [-0.2, 0) is 16.2 Å². The molecule has 2 spiro atoms. The first-order valence-corrected chi connectivity index (χ1v) is 23.7. The monoisotopic (exact) mass is 839 g/mol. The highest BCUT2D eigenvalue weighted by molar-refractivity contribution is 6.29. The molecule has 0 fully saturated rings. The lowest BCUT2D eigenvalue weighted by Gasteiger charge is -2.64. The summed E-state index contributed by atoms with van der Waals surface area (Å²) in [5, 5.41) is 7.42. The van der Waals surface area contributed by atoms with Gasteiger partial charge >= 0.3 is 0 Å². The lowest BCUT2D eigenvalue weighted by molar-refractivity contribution is 0.0839. The third-order valence-corrected chi connectivity index (χ3v) is 18.8. The summed E-state index contributed by atoms with van der Waals surface area (Å²) in [5.74, 6) is 0.198. The van der Waals surface area contributed by atoms with Gasteiger partial charge in [0.15, 0.2) is 11.6 Å². The van der Waals surface area contributed by atoms with Crippen molar-refractivity contribution in [3.8, 4) is 11.1 Å². The van der Waals surface area contributed by atoms with E-state index in [9.17, 15) is 0 Å². The van der Waals surface area contributed by atoms with Crippen molar-refractivity contribution < 1.29 is 9.59 Å². The van der Waals surface area contributed by atoms with Crippen LogP contribution in [-0.4, -0.2) is 16.0 Å². The Morgan fingerprint density at radius 2 is 0.864 bits per heavy atom. The fourth-order valence-electron chi connectivity index (χ4n) is 16.6. The number of hydrogen-bond acceptors (Lipinski definition) is 2. The summed E-state index contributed by atoms with van der Waals surface area (Å²) >= 11 is 0. The topological polar surface area (TPSA) is 38.5 Å². The molecule has 0 N–H and O–H groups in total. The van der Waals surface area contributed by atoms with Crippen molar-refractivity contribution in [3.63, 3.8) is 0 Å². The van der Waals surface area contributed by atoms with Crippen LogP contribution >= 0.6 is 0 Å². The summed E-state index contributed by atoms with van der Waals surface area (Å²) in [5.41, 5.74) is 21.7. The highest BCUT2D eigenvalue weighted by Gasteiger charge is 2.70. The third kappa shape index (κ3) is 3.09. The van der Waals surface area contributed by atoms with E-state index in [-0.39, 0.29) is 51.5 Å². The molecule has 66 heavy (non-hydrogen) atoms. The Morgan fingerprint density at radius 3 is 1.42 bits per heavy atom. The molecular weight excluding hydrogens is 803 g/mol. The molecule has 18 rings (SSSR count). The second-order valence-corrected chi connectivity index (χ2v) is 21.2. The van der Waals surface area contributed by atoms with E-state index < -0.39 is 0 Å². The van der Waals surface area contributed by atoms with Crippen LogP contribution in [0, 0.1) is 0 Å². The quantitative estimate of drug-likeness (QED) is 0.153. The molecule has 2 heterocycles. The van der Waals surface area contributed by atoms with Gasteiger partial charge in [-0.25, -0.2) is 0 Å². The molecule has 3 heteroatoms. The van der Waals surface area contributed by atoms with E-state index in [4.69, 9.17) is 0 Å². The molecule has 6 unspecified atom stereocenters. The van der Waals surface area contributed by atoms with Gasteiger partial charge < -0.3 is 4.40 Å². The van der Waals surface area contributed by atoms with Gasteiger partial charge in [-0.3, -0.25) is 9.59 Å². The maximum atomic E-state index is 15.5. The zero-order valence-corrected chi connectivity index (χ0v) is 36.2. The molecule has 0 bridgehead atoms. The van der Waals surface area contributed by atoms with Crippen molar-refractivity contribution in [1.29, 1.82) is 0 Å². The van der Waals surface area contributed by atoms with E-state index >= 15 is 9.59 Å². The minimum atomic E-state index is -0.347. The van der Waals surface area contributed by atoms with Crippen LogP contribution in [0.5, 0.6) is 0 Å². The minimum absolute atomic E-state index is 0.0847. The molecule has 0 saturated carbocycles. The number of ketones is 2. The Kier molecular flexibility index (Phi) is 5.25. The van der Waals surface area contributed by atoms with Crippen molar-refractivity contribution in [2.75, 3.05) is 0 Å². The number of rotatable bonds is 0. The van der Waals surface area contributed by atoms with Gasteiger partial charge in [0.1, 0.15) is 0 Å². The van der Waals surface area contributed by atoms with E-state index in [1.807, 2.05) is 0 Å². The van der Waals surface area contributed by atoms with Gasteiger partial charge in [-0.15, -0.1) is 0 Å². The van der Waals surface area contributed by atoms with E-state index in [0.717, 1.165) is 33.3 Å². The number of carbonyl (C=O) groups is 2. The van der Waals surface area contributed by atoms with Crippen molar-refractivity contribution in [3.05, 3.63) is 242 Å². The summed E-state index contributed by atoms with van der Waals surface area (Å²) in [7, 11) is 0. The molecular formula is C63H37NO2. The summed E-state index contributed by atoms with van der Waals surface area (Å²) < 4.78 is 2.46. The maximum absolute atomic E-state index is 15.5. The molecule has 0 saturated heterocycles. The largest absolute Gasteiger partial charge is 0.308 e. The number of hydrogen-bond donors (Lipinski definition) is 0. The van der Waals surface area contributed by atoms with Gasteiger partial charge in [0.05, 0.1) is 28.4 Å². The molecule has 0 radical (unpaired) electrons. The van der Waals surface area contributed by atoms with Crippen LogP contribution in [0.15, 0.2) is 164 Å².